The minimum atomic E-state index is 0.00325. The lowest BCUT2D eigenvalue weighted by Gasteiger charge is -2.18. The molecule has 2 atom stereocenters. The molecule has 5 heteroatoms. The van der Waals surface area contributed by atoms with Crippen molar-refractivity contribution >= 4 is 33.4 Å². The van der Waals surface area contributed by atoms with E-state index in [1.807, 2.05) is 42.2 Å². The third-order valence-electron chi connectivity index (χ3n) is 5.64. The van der Waals surface area contributed by atoms with Gasteiger partial charge in [0.2, 0.25) is 5.91 Å². The molecule has 0 bridgehead atoms. The summed E-state index contributed by atoms with van der Waals surface area (Å²) >= 11 is 3.44. The first-order chi connectivity index (χ1) is 13.0. The SMILES string of the molecule is Cc1c(NC(=O)C2CC2c2ccc(Br)cc2)cccc1C(=O)N1CCCC1. The van der Waals surface area contributed by atoms with Crippen LogP contribution in [-0.2, 0) is 4.79 Å². The molecule has 2 unspecified atom stereocenters. The van der Waals surface area contributed by atoms with Gasteiger partial charge in [-0.3, -0.25) is 9.59 Å². The molecule has 2 aromatic rings. The van der Waals surface area contributed by atoms with Crippen molar-refractivity contribution in [3.63, 3.8) is 0 Å². The Morgan fingerprint density at radius 2 is 1.78 bits per heavy atom. The molecule has 4 rings (SSSR count). The second kappa shape index (κ2) is 7.47. The number of halogens is 1. The number of benzene rings is 2. The van der Waals surface area contributed by atoms with Gasteiger partial charge in [0.25, 0.3) is 5.91 Å². The van der Waals surface area contributed by atoms with Crippen LogP contribution in [0.2, 0.25) is 0 Å². The molecule has 1 N–H and O–H groups in total. The maximum atomic E-state index is 12.7. The number of carbonyl (C=O) groups excluding carboxylic acids is 2. The smallest absolute Gasteiger partial charge is 0.254 e. The van der Waals surface area contributed by atoms with E-state index in [2.05, 4.69) is 33.4 Å². The average molecular weight is 427 g/mol. The molecule has 0 aromatic heterocycles. The molecule has 2 amide bonds. The van der Waals surface area contributed by atoms with E-state index in [1.54, 1.807) is 0 Å². The predicted molar refractivity (Wildman–Crippen MR) is 110 cm³/mol. The second-order valence-corrected chi connectivity index (χ2v) is 8.38. The van der Waals surface area contributed by atoms with E-state index in [9.17, 15) is 9.59 Å². The Balaban J connectivity index is 1.45. The van der Waals surface area contributed by atoms with Gasteiger partial charge >= 0.3 is 0 Å². The highest BCUT2D eigenvalue weighted by molar-refractivity contribution is 9.10. The Hall–Kier alpha value is -2.14. The van der Waals surface area contributed by atoms with Gasteiger partial charge in [-0.05, 0) is 67.5 Å². The zero-order valence-electron chi connectivity index (χ0n) is 15.4. The molecule has 4 nitrogen and oxygen atoms in total. The molecule has 2 fully saturated rings. The highest BCUT2D eigenvalue weighted by atomic mass is 79.9. The summed E-state index contributed by atoms with van der Waals surface area (Å²) in [6, 6.07) is 13.8. The summed E-state index contributed by atoms with van der Waals surface area (Å²) in [6.07, 6.45) is 3.01. The van der Waals surface area contributed by atoms with Crippen molar-refractivity contribution in [1.82, 2.24) is 4.90 Å². The van der Waals surface area contributed by atoms with Crippen LogP contribution in [0.3, 0.4) is 0 Å². The van der Waals surface area contributed by atoms with E-state index < -0.39 is 0 Å². The maximum Gasteiger partial charge on any atom is 0.254 e. The van der Waals surface area contributed by atoms with Crippen LogP contribution in [0, 0.1) is 12.8 Å². The third kappa shape index (κ3) is 3.79. The van der Waals surface area contributed by atoms with Crippen molar-refractivity contribution in [3.05, 3.63) is 63.6 Å². The second-order valence-electron chi connectivity index (χ2n) is 7.47. The quantitative estimate of drug-likeness (QED) is 0.767. The lowest BCUT2D eigenvalue weighted by atomic mass is 10.0. The van der Waals surface area contributed by atoms with Crippen LogP contribution in [0.15, 0.2) is 46.9 Å². The van der Waals surface area contributed by atoms with E-state index in [4.69, 9.17) is 0 Å². The summed E-state index contributed by atoms with van der Waals surface area (Å²) in [5.74, 6) is 0.397. The van der Waals surface area contributed by atoms with Gasteiger partial charge in [-0.2, -0.15) is 0 Å². The number of hydrogen-bond donors (Lipinski definition) is 1. The summed E-state index contributed by atoms with van der Waals surface area (Å²) in [4.78, 5) is 27.3. The standard InChI is InChI=1S/C22H23BrN2O2/c1-14-17(22(27)25-11-2-3-12-25)5-4-6-20(14)24-21(26)19-13-18(19)15-7-9-16(23)10-8-15/h4-10,18-19H,2-3,11-13H2,1H3,(H,24,26). The first-order valence-electron chi connectivity index (χ1n) is 9.50. The number of anilines is 1. The highest BCUT2D eigenvalue weighted by Crippen LogP contribution is 2.48. The van der Waals surface area contributed by atoms with Crippen LogP contribution in [0.25, 0.3) is 0 Å². The fourth-order valence-corrected chi connectivity index (χ4v) is 4.15. The minimum absolute atomic E-state index is 0.00325. The number of amides is 2. The fourth-order valence-electron chi connectivity index (χ4n) is 3.88. The number of hydrogen-bond acceptors (Lipinski definition) is 2. The van der Waals surface area contributed by atoms with Crippen molar-refractivity contribution in [1.29, 1.82) is 0 Å². The Labute approximate surface area is 168 Å². The molecule has 0 radical (unpaired) electrons. The van der Waals surface area contributed by atoms with Crippen molar-refractivity contribution in [2.45, 2.75) is 32.1 Å². The number of nitrogens with one attached hydrogen (secondary N) is 1. The largest absolute Gasteiger partial charge is 0.339 e. The van der Waals surface area contributed by atoms with Crippen LogP contribution in [0.1, 0.15) is 46.7 Å². The molecule has 1 aliphatic carbocycles. The monoisotopic (exact) mass is 426 g/mol. The number of rotatable bonds is 4. The molecule has 1 aliphatic heterocycles. The molecule has 1 saturated carbocycles. The van der Waals surface area contributed by atoms with Gasteiger partial charge in [0, 0.05) is 34.7 Å². The Morgan fingerprint density at radius 3 is 2.48 bits per heavy atom. The van der Waals surface area contributed by atoms with Crippen molar-refractivity contribution < 1.29 is 9.59 Å². The van der Waals surface area contributed by atoms with Crippen molar-refractivity contribution in [2.75, 3.05) is 18.4 Å². The Bertz CT molecular complexity index is 872. The molecule has 1 saturated heterocycles. The lowest BCUT2D eigenvalue weighted by Crippen LogP contribution is -2.28. The zero-order valence-corrected chi connectivity index (χ0v) is 17.0. The van der Waals surface area contributed by atoms with Gasteiger partial charge in [0.05, 0.1) is 0 Å². The first-order valence-corrected chi connectivity index (χ1v) is 10.3. The van der Waals surface area contributed by atoms with Crippen LogP contribution in [0.4, 0.5) is 5.69 Å². The summed E-state index contributed by atoms with van der Waals surface area (Å²) in [6.45, 7) is 3.57. The van der Waals surface area contributed by atoms with Crippen molar-refractivity contribution in [3.8, 4) is 0 Å². The number of carbonyl (C=O) groups is 2. The van der Waals surface area contributed by atoms with Gasteiger partial charge in [-0.15, -0.1) is 0 Å². The van der Waals surface area contributed by atoms with E-state index in [1.165, 1.54) is 5.56 Å². The topological polar surface area (TPSA) is 49.4 Å². The average Bonchev–Trinajstić information content (AvgIpc) is 3.28. The lowest BCUT2D eigenvalue weighted by molar-refractivity contribution is -0.117. The Morgan fingerprint density at radius 1 is 1.07 bits per heavy atom. The number of nitrogens with zero attached hydrogens (tertiary/aromatic N) is 1. The molecule has 27 heavy (non-hydrogen) atoms. The Kier molecular flexibility index (Phi) is 5.04. The summed E-state index contributed by atoms with van der Waals surface area (Å²) in [7, 11) is 0. The van der Waals surface area contributed by atoms with Crippen LogP contribution in [-0.4, -0.2) is 29.8 Å². The molecule has 1 heterocycles. The van der Waals surface area contributed by atoms with E-state index in [-0.39, 0.29) is 23.7 Å². The van der Waals surface area contributed by atoms with Gasteiger partial charge < -0.3 is 10.2 Å². The normalized spacial score (nSPS) is 21.2. The molecule has 2 aliphatic rings. The van der Waals surface area contributed by atoms with Crippen molar-refractivity contribution in [2.24, 2.45) is 5.92 Å². The highest BCUT2D eigenvalue weighted by Gasteiger charge is 2.44. The minimum Gasteiger partial charge on any atom is -0.339 e. The fraction of sp³-hybridized carbons (Fsp3) is 0.364. The van der Waals surface area contributed by atoms with Gasteiger partial charge in [0.15, 0.2) is 0 Å². The summed E-state index contributed by atoms with van der Waals surface area (Å²) in [5.41, 5.74) is 3.48. The van der Waals surface area contributed by atoms with E-state index in [0.29, 0.717) is 5.56 Å². The van der Waals surface area contributed by atoms with E-state index in [0.717, 1.165) is 48.1 Å². The molecule has 2 aromatic carbocycles. The van der Waals surface area contributed by atoms with E-state index >= 15 is 0 Å². The zero-order chi connectivity index (χ0) is 19.0. The predicted octanol–water partition coefficient (Wildman–Crippen LogP) is 4.74. The molecular formula is C22H23BrN2O2. The first kappa shape index (κ1) is 18.2. The summed E-state index contributed by atoms with van der Waals surface area (Å²) < 4.78 is 1.04. The molecule has 140 valence electrons. The van der Waals surface area contributed by atoms with Gasteiger partial charge in [-0.25, -0.2) is 0 Å². The van der Waals surface area contributed by atoms with Gasteiger partial charge in [0.1, 0.15) is 0 Å². The molecule has 0 spiro atoms. The molecular weight excluding hydrogens is 404 g/mol. The summed E-state index contributed by atoms with van der Waals surface area (Å²) in [5, 5.41) is 3.05. The van der Waals surface area contributed by atoms with Crippen LogP contribution >= 0.6 is 15.9 Å². The van der Waals surface area contributed by atoms with Crippen LogP contribution in [0.5, 0.6) is 0 Å². The maximum absolute atomic E-state index is 12.7. The number of likely N-dealkylation sites (tertiary alicyclic amines) is 1. The van der Waals surface area contributed by atoms with Gasteiger partial charge in [-0.1, -0.05) is 34.1 Å². The third-order valence-corrected chi connectivity index (χ3v) is 6.17. The van der Waals surface area contributed by atoms with Crippen LogP contribution < -0.4 is 5.32 Å².